The number of para-hydroxylation sites is 1. The van der Waals surface area contributed by atoms with Gasteiger partial charge in [0.1, 0.15) is 0 Å². The lowest BCUT2D eigenvalue weighted by Gasteiger charge is -2.25. The number of likely N-dealkylation sites (tertiary alicyclic amines) is 1. The van der Waals surface area contributed by atoms with E-state index in [1.165, 1.54) is 17.3 Å². The molecule has 0 unspecified atom stereocenters. The normalized spacial score (nSPS) is 15.8. The summed E-state index contributed by atoms with van der Waals surface area (Å²) in [5.41, 5.74) is 0.535. The second-order valence-electron chi connectivity index (χ2n) is 5.63. The van der Waals surface area contributed by atoms with Gasteiger partial charge in [0.05, 0.1) is 30.4 Å². The zero-order valence-electron chi connectivity index (χ0n) is 12.5. The van der Waals surface area contributed by atoms with Crippen LogP contribution in [0.4, 0.5) is 0 Å². The molecule has 2 heterocycles. The second-order valence-corrected chi connectivity index (χ2v) is 5.63. The highest BCUT2D eigenvalue weighted by atomic mass is 16.2. The highest BCUT2D eigenvalue weighted by Gasteiger charge is 2.13. The molecule has 0 aliphatic carbocycles. The van der Waals surface area contributed by atoms with Gasteiger partial charge in [-0.1, -0.05) is 18.6 Å². The highest BCUT2D eigenvalue weighted by Crippen LogP contribution is 2.07. The fourth-order valence-corrected chi connectivity index (χ4v) is 2.77. The molecule has 6 nitrogen and oxygen atoms in total. The lowest BCUT2D eigenvalue weighted by molar-refractivity contribution is -0.123. The number of fused-ring (bicyclic) bond motifs is 1. The lowest BCUT2D eigenvalue weighted by atomic mass is 10.1. The number of nitrogens with zero attached hydrogens (tertiary/aromatic N) is 3. The number of nitrogens with one attached hydrogen (secondary N) is 1. The molecule has 0 bridgehead atoms. The number of rotatable bonds is 4. The molecule has 0 saturated carbocycles. The Hall–Kier alpha value is -2.21. The van der Waals surface area contributed by atoms with E-state index in [0.717, 1.165) is 25.9 Å². The predicted octanol–water partition coefficient (Wildman–Crippen LogP) is 0.956. The summed E-state index contributed by atoms with van der Waals surface area (Å²) < 4.78 is 1.43. The molecule has 2 aromatic rings. The van der Waals surface area contributed by atoms with Gasteiger partial charge in [0.2, 0.25) is 5.91 Å². The first-order chi connectivity index (χ1) is 10.7. The molecule has 1 aromatic heterocycles. The quantitative estimate of drug-likeness (QED) is 0.913. The van der Waals surface area contributed by atoms with Gasteiger partial charge in [-0.2, -0.15) is 0 Å². The molecule has 1 saturated heterocycles. The van der Waals surface area contributed by atoms with Gasteiger partial charge in [-0.25, -0.2) is 4.98 Å². The van der Waals surface area contributed by atoms with Crippen LogP contribution < -0.4 is 10.9 Å². The van der Waals surface area contributed by atoms with E-state index in [1.807, 2.05) is 12.1 Å². The molecule has 1 fully saturated rings. The summed E-state index contributed by atoms with van der Waals surface area (Å²) in [4.78, 5) is 30.7. The molecule has 1 aromatic carbocycles. The van der Waals surface area contributed by atoms with Crippen molar-refractivity contribution in [2.45, 2.75) is 25.9 Å². The van der Waals surface area contributed by atoms with Gasteiger partial charge in [-0.3, -0.25) is 19.1 Å². The Morgan fingerprint density at radius 2 is 1.95 bits per heavy atom. The maximum atomic E-state index is 12.3. The zero-order chi connectivity index (χ0) is 15.4. The van der Waals surface area contributed by atoms with Gasteiger partial charge in [-0.15, -0.1) is 0 Å². The van der Waals surface area contributed by atoms with Crippen molar-refractivity contribution < 1.29 is 4.79 Å². The van der Waals surface area contributed by atoms with Crippen LogP contribution in [0, 0.1) is 0 Å². The van der Waals surface area contributed by atoms with E-state index in [2.05, 4.69) is 15.2 Å². The van der Waals surface area contributed by atoms with Gasteiger partial charge in [0, 0.05) is 0 Å². The molecule has 1 aliphatic heterocycles. The minimum absolute atomic E-state index is 0.0537. The van der Waals surface area contributed by atoms with E-state index >= 15 is 0 Å². The standard InChI is InChI=1S/C16H20N4O2/c21-15(10-19-8-4-1-5-9-19)18-12-20-11-17-14-7-3-2-6-13(14)16(20)22/h2-3,6-7,11H,1,4-5,8-10,12H2,(H,18,21). The van der Waals surface area contributed by atoms with E-state index in [1.54, 1.807) is 12.1 Å². The lowest BCUT2D eigenvalue weighted by Crippen LogP contribution is -2.41. The summed E-state index contributed by atoms with van der Waals surface area (Å²) in [7, 11) is 0. The first kappa shape index (κ1) is 14.7. The van der Waals surface area contributed by atoms with Crippen molar-refractivity contribution in [3.05, 3.63) is 40.9 Å². The summed E-state index contributed by atoms with van der Waals surface area (Å²) in [6, 6.07) is 7.21. The molecular formula is C16H20N4O2. The van der Waals surface area contributed by atoms with E-state index in [4.69, 9.17) is 0 Å². The number of piperidine rings is 1. The van der Waals surface area contributed by atoms with Crippen molar-refractivity contribution in [1.29, 1.82) is 0 Å². The summed E-state index contributed by atoms with van der Waals surface area (Å²) in [5, 5.41) is 3.36. The van der Waals surface area contributed by atoms with Gasteiger partial charge in [0.25, 0.3) is 5.56 Å². The van der Waals surface area contributed by atoms with E-state index in [0.29, 0.717) is 17.4 Å². The Morgan fingerprint density at radius 1 is 1.18 bits per heavy atom. The van der Waals surface area contributed by atoms with Crippen LogP contribution in [0.3, 0.4) is 0 Å². The fourth-order valence-electron chi connectivity index (χ4n) is 2.77. The fraction of sp³-hybridized carbons (Fsp3) is 0.438. The molecule has 22 heavy (non-hydrogen) atoms. The molecule has 1 amide bonds. The highest BCUT2D eigenvalue weighted by molar-refractivity contribution is 5.78. The van der Waals surface area contributed by atoms with Crippen LogP contribution in [0.5, 0.6) is 0 Å². The van der Waals surface area contributed by atoms with Crippen molar-refractivity contribution in [1.82, 2.24) is 19.8 Å². The van der Waals surface area contributed by atoms with Crippen molar-refractivity contribution in [2.24, 2.45) is 0 Å². The third-order valence-corrected chi connectivity index (χ3v) is 3.99. The summed E-state index contributed by atoms with van der Waals surface area (Å²) >= 11 is 0. The van der Waals surface area contributed by atoms with Gasteiger partial charge < -0.3 is 5.32 Å². The summed E-state index contributed by atoms with van der Waals surface area (Å²) in [5.74, 6) is -0.0537. The predicted molar refractivity (Wildman–Crippen MR) is 84.4 cm³/mol. The molecule has 3 rings (SSSR count). The van der Waals surface area contributed by atoms with Crippen LogP contribution >= 0.6 is 0 Å². The van der Waals surface area contributed by atoms with Crippen LogP contribution in [0.25, 0.3) is 10.9 Å². The molecular weight excluding hydrogens is 280 g/mol. The second kappa shape index (κ2) is 6.70. The summed E-state index contributed by atoms with van der Waals surface area (Å²) in [6.45, 7) is 2.51. The van der Waals surface area contributed by atoms with E-state index < -0.39 is 0 Å². The number of aromatic nitrogens is 2. The maximum absolute atomic E-state index is 12.3. The maximum Gasteiger partial charge on any atom is 0.262 e. The van der Waals surface area contributed by atoms with Crippen LogP contribution in [0.15, 0.2) is 35.4 Å². The topological polar surface area (TPSA) is 67.2 Å². The molecule has 0 spiro atoms. The monoisotopic (exact) mass is 300 g/mol. The molecule has 6 heteroatoms. The molecule has 0 atom stereocenters. The first-order valence-electron chi connectivity index (χ1n) is 7.67. The average molecular weight is 300 g/mol. The minimum Gasteiger partial charge on any atom is -0.337 e. The smallest absolute Gasteiger partial charge is 0.262 e. The van der Waals surface area contributed by atoms with Crippen LogP contribution in [0.2, 0.25) is 0 Å². The number of amides is 1. The van der Waals surface area contributed by atoms with Gasteiger partial charge in [0.15, 0.2) is 0 Å². The average Bonchev–Trinajstić information content (AvgIpc) is 2.55. The third-order valence-electron chi connectivity index (χ3n) is 3.99. The Kier molecular flexibility index (Phi) is 4.48. The number of hydrogen-bond donors (Lipinski definition) is 1. The minimum atomic E-state index is -0.135. The van der Waals surface area contributed by atoms with Gasteiger partial charge >= 0.3 is 0 Å². The van der Waals surface area contributed by atoms with Crippen LogP contribution in [0.1, 0.15) is 19.3 Å². The molecule has 1 aliphatic rings. The van der Waals surface area contributed by atoms with Crippen molar-refractivity contribution in [2.75, 3.05) is 19.6 Å². The molecule has 0 radical (unpaired) electrons. The Labute approximate surface area is 128 Å². The molecule has 1 N–H and O–H groups in total. The van der Waals surface area contributed by atoms with Gasteiger partial charge in [-0.05, 0) is 38.1 Å². The van der Waals surface area contributed by atoms with Crippen molar-refractivity contribution in [3.8, 4) is 0 Å². The molecule has 116 valence electrons. The zero-order valence-corrected chi connectivity index (χ0v) is 12.5. The number of hydrogen-bond acceptors (Lipinski definition) is 4. The van der Waals surface area contributed by atoms with E-state index in [-0.39, 0.29) is 18.1 Å². The van der Waals surface area contributed by atoms with E-state index in [9.17, 15) is 9.59 Å². The van der Waals surface area contributed by atoms with Crippen molar-refractivity contribution >= 4 is 16.8 Å². The van der Waals surface area contributed by atoms with Crippen LogP contribution in [-0.4, -0.2) is 40.0 Å². The summed E-state index contributed by atoms with van der Waals surface area (Å²) in [6.07, 6.45) is 5.03. The first-order valence-corrected chi connectivity index (χ1v) is 7.67. The van der Waals surface area contributed by atoms with Crippen LogP contribution in [-0.2, 0) is 11.5 Å². The van der Waals surface area contributed by atoms with Crippen molar-refractivity contribution in [3.63, 3.8) is 0 Å². The Balaban J connectivity index is 1.62. The number of carbonyl (C=O) groups excluding carboxylic acids is 1. The third kappa shape index (κ3) is 3.33. The largest absolute Gasteiger partial charge is 0.337 e. The number of benzene rings is 1. The Morgan fingerprint density at radius 3 is 2.77 bits per heavy atom. The Bertz CT molecular complexity index is 719. The number of carbonyl (C=O) groups is 1. The SMILES string of the molecule is O=C(CN1CCCCC1)NCn1cnc2ccccc2c1=O.